The summed E-state index contributed by atoms with van der Waals surface area (Å²) < 4.78 is 26.9. The molecule has 0 unspecified atom stereocenters. The lowest BCUT2D eigenvalue weighted by molar-refractivity contribution is 0.0992. The smallest absolute Gasteiger partial charge is 0.225 e. The van der Waals surface area contributed by atoms with Crippen LogP contribution >= 0.6 is 0 Å². The van der Waals surface area contributed by atoms with Crippen molar-refractivity contribution in [3.63, 3.8) is 0 Å². The zero-order chi connectivity index (χ0) is 27.4. The van der Waals surface area contributed by atoms with E-state index in [0.717, 1.165) is 44.3 Å². The summed E-state index contributed by atoms with van der Waals surface area (Å²) in [6, 6.07) is 15.7. The lowest BCUT2D eigenvalue weighted by Crippen LogP contribution is -2.41. The van der Waals surface area contributed by atoms with Gasteiger partial charge in [-0.15, -0.1) is 0 Å². The topological polar surface area (TPSA) is 109 Å². The number of nitrogen functional groups attached to an aromatic ring is 1. The molecule has 0 radical (unpaired) electrons. The number of anilines is 2. The van der Waals surface area contributed by atoms with Crippen LogP contribution in [0.5, 0.6) is 0 Å². The molecule has 0 spiro atoms. The molecule has 1 fully saturated rings. The van der Waals surface area contributed by atoms with Crippen LogP contribution in [0.4, 0.5) is 11.6 Å². The SMILES string of the molecule is CS(=O)(=O)N(CCC1=CCc2ccccc21)CC1CCN(c2ncc(C(=O)Cc3ccccc3N)cn2)CC1. The normalized spacial score (nSPS) is 15.8. The molecule has 0 saturated carbocycles. The maximum atomic E-state index is 12.7. The number of hydrogen-bond donors (Lipinski definition) is 1. The zero-order valence-electron chi connectivity index (χ0n) is 22.3. The van der Waals surface area contributed by atoms with Crippen LogP contribution in [-0.2, 0) is 22.9 Å². The van der Waals surface area contributed by atoms with Gasteiger partial charge in [0.25, 0.3) is 0 Å². The number of benzene rings is 2. The van der Waals surface area contributed by atoms with Crippen molar-refractivity contribution in [1.82, 2.24) is 14.3 Å². The standard InChI is InChI=1S/C30H35N5O3S/c1-39(37,38)35(17-14-24-11-10-23-6-2-4-8-27(23)24)21-22-12-15-34(16-13-22)30-32-19-26(20-33-30)29(36)18-25-7-3-5-9-28(25)31/h2-9,11,19-20,22H,10,12-18,21,31H2,1H3. The quantitative estimate of drug-likeness (QED) is 0.303. The van der Waals surface area contributed by atoms with Crippen molar-refractivity contribution < 1.29 is 13.2 Å². The number of Topliss-reactive ketones (excluding diaryl/α,β-unsaturated/α-hetero) is 1. The molecule has 2 aromatic carbocycles. The van der Waals surface area contributed by atoms with Crippen LogP contribution < -0.4 is 10.6 Å². The molecule has 2 heterocycles. The van der Waals surface area contributed by atoms with Gasteiger partial charge in [0, 0.05) is 50.7 Å². The van der Waals surface area contributed by atoms with E-state index in [0.29, 0.717) is 30.3 Å². The maximum absolute atomic E-state index is 12.7. The first-order valence-electron chi connectivity index (χ1n) is 13.4. The molecular weight excluding hydrogens is 510 g/mol. The fourth-order valence-corrected chi connectivity index (χ4v) is 6.34. The molecule has 3 aromatic rings. The average molecular weight is 546 g/mol. The Labute approximate surface area is 230 Å². The molecule has 1 aliphatic carbocycles. The molecule has 2 N–H and O–H groups in total. The lowest BCUT2D eigenvalue weighted by atomic mass is 9.96. The van der Waals surface area contributed by atoms with Crippen LogP contribution in [0.25, 0.3) is 5.57 Å². The number of hydrogen-bond acceptors (Lipinski definition) is 7. The summed E-state index contributed by atoms with van der Waals surface area (Å²) in [7, 11) is -3.31. The minimum Gasteiger partial charge on any atom is -0.398 e. The van der Waals surface area contributed by atoms with E-state index in [4.69, 9.17) is 5.73 Å². The van der Waals surface area contributed by atoms with Gasteiger partial charge in [-0.05, 0) is 59.9 Å². The van der Waals surface area contributed by atoms with Crippen molar-refractivity contribution in [2.24, 2.45) is 5.92 Å². The molecule has 5 rings (SSSR count). The van der Waals surface area contributed by atoms with Crippen molar-refractivity contribution in [2.45, 2.75) is 32.1 Å². The fraction of sp³-hybridized carbons (Fsp3) is 0.367. The molecule has 1 aliphatic heterocycles. The Bertz CT molecular complexity index is 1460. The van der Waals surface area contributed by atoms with Crippen LogP contribution in [0, 0.1) is 5.92 Å². The molecule has 2 aliphatic rings. The summed E-state index contributed by atoms with van der Waals surface area (Å²) >= 11 is 0. The second-order valence-electron chi connectivity index (χ2n) is 10.5. The summed E-state index contributed by atoms with van der Waals surface area (Å²) in [5.41, 5.74) is 11.6. The molecule has 0 amide bonds. The Balaban J connectivity index is 1.13. The highest BCUT2D eigenvalue weighted by Crippen LogP contribution is 2.30. The predicted molar refractivity (Wildman–Crippen MR) is 155 cm³/mol. The van der Waals surface area contributed by atoms with E-state index >= 15 is 0 Å². The number of fused-ring (bicyclic) bond motifs is 1. The summed E-state index contributed by atoms with van der Waals surface area (Å²) in [4.78, 5) is 23.7. The summed E-state index contributed by atoms with van der Waals surface area (Å²) in [5.74, 6) is 0.796. The first kappa shape index (κ1) is 27.0. The number of carbonyl (C=O) groups is 1. The minimum absolute atomic E-state index is 0.0733. The highest BCUT2D eigenvalue weighted by Gasteiger charge is 2.27. The number of carbonyl (C=O) groups excluding carboxylic acids is 1. The van der Waals surface area contributed by atoms with E-state index in [1.54, 1.807) is 22.8 Å². The Kier molecular flexibility index (Phi) is 8.09. The lowest BCUT2D eigenvalue weighted by Gasteiger charge is -2.34. The summed E-state index contributed by atoms with van der Waals surface area (Å²) in [5, 5.41) is 0. The summed E-state index contributed by atoms with van der Waals surface area (Å²) in [6.07, 6.45) is 10.3. The average Bonchev–Trinajstić information content (AvgIpc) is 3.35. The van der Waals surface area contributed by atoms with Gasteiger partial charge in [-0.3, -0.25) is 4.79 Å². The van der Waals surface area contributed by atoms with E-state index in [1.807, 2.05) is 30.3 Å². The highest BCUT2D eigenvalue weighted by molar-refractivity contribution is 7.88. The Morgan fingerprint density at radius 2 is 1.74 bits per heavy atom. The van der Waals surface area contributed by atoms with Gasteiger partial charge in [0.1, 0.15) is 0 Å². The first-order valence-corrected chi connectivity index (χ1v) is 15.3. The molecule has 0 bridgehead atoms. The number of sulfonamides is 1. The highest BCUT2D eigenvalue weighted by atomic mass is 32.2. The molecule has 1 aromatic heterocycles. The number of nitrogens with zero attached hydrogens (tertiary/aromatic N) is 4. The maximum Gasteiger partial charge on any atom is 0.225 e. The number of para-hydroxylation sites is 1. The number of rotatable bonds is 10. The van der Waals surface area contributed by atoms with Gasteiger partial charge < -0.3 is 10.6 Å². The van der Waals surface area contributed by atoms with Crippen LogP contribution in [0.1, 0.15) is 46.3 Å². The predicted octanol–water partition coefficient (Wildman–Crippen LogP) is 3.99. The van der Waals surface area contributed by atoms with Gasteiger partial charge in [0.05, 0.1) is 11.8 Å². The summed E-state index contributed by atoms with van der Waals surface area (Å²) in [6.45, 7) is 2.51. The van der Waals surface area contributed by atoms with E-state index in [9.17, 15) is 13.2 Å². The van der Waals surface area contributed by atoms with Crippen molar-refractivity contribution >= 4 is 33.0 Å². The Hall–Kier alpha value is -3.56. The zero-order valence-corrected chi connectivity index (χ0v) is 23.1. The first-order chi connectivity index (χ1) is 18.8. The van der Waals surface area contributed by atoms with Crippen LogP contribution in [0.3, 0.4) is 0 Å². The van der Waals surface area contributed by atoms with E-state index < -0.39 is 10.0 Å². The third kappa shape index (κ3) is 6.54. The van der Waals surface area contributed by atoms with E-state index in [2.05, 4.69) is 33.1 Å². The number of piperidine rings is 1. The van der Waals surface area contributed by atoms with Crippen molar-refractivity contribution in [1.29, 1.82) is 0 Å². The second-order valence-corrected chi connectivity index (χ2v) is 12.4. The van der Waals surface area contributed by atoms with Crippen LogP contribution in [-0.4, -0.2) is 60.9 Å². The molecule has 8 nitrogen and oxygen atoms in total. The second kappa shape index (κ2) is 11.7. The third-order valence-corrected chi connectivity index (χ3v) is 9.03. The van der Waals surface area contributed by atoms with Gasteiger partial charge in [-0.2, -0.15) is 0 Å². The molecule has 0 atom stereocenters. The van der Waals surface area contributed by atoms with Gasteiger partial charge in [-0.1, -0.05) is 48.5 Å². The fourth-order valence-electron chi connectivity index (χ4n) is 5.43. The van der Waals surface area contributed by atoms with Gasteiger partial charge in [-0.25, -0.2) is 22.7 Å². The van der Waals surface area contributed by atoms with Crippen LogP contribution in [0.2, 0.25) is 0 Å². The molecule has 39 heavy (non-hydrogen) atoms. The van der Waals surface area contributed by atoms with Crippen molar-refractivity contribution in [2.75, 3.05) is 43.1 Å². The Morgan fingerprint density at radius 3 is 2.46 bits per heavy atom. The minimum atomic E-state index is -3.31. The van der Waals surface area contributed by atoms with Gasteiger partial charge >= 0.3 is 0 Å². The van der Waals surface area contributed by atoms with Gasteiger partial charge in [0.2, 0.25) is 16.0 Å². The van der Waals surface area contributed by atoms with Crippen molar-refractivity contribution in [3.8, 4) is 0 Å². The van der Waals surface area contributed by atoms with Gasteiger partial charge in [0.15, 0.2) is 5.78 Å². The van der Waals surface area contributed by atoms with E-state index in [-0.39, 0.29) is 18.1 Å². The Morgan fingerprint density at radius 1 is 1.05 bits per heavy atom. The number of allylic oxidation sites excluding steroid dienone is 1. The molecule has 9 heteroatoms. The number of nitrogens with two attached hydrogens (primary N) is 1. The third-order valence-electron chi connectivity index (χ3n) is 7.76. The monoisotopic (exact) mass is 545 g/mol. The largest absolute Gasteiger partial charge is 0.398 e. The molecular formula is C30H35N5O3S. The van der Waals surface area contributed by atoms with Crippen LogP contribution in [0.15, 0.2) is 67.0 Å². The van der Waals surface area contributed by atoms with Crippen molar-refractivity contribution in [3.05, 3.63) is 89.3 Å². The molecule has 1 saturated heterocycles. The number of ketones is 1. The number of aromatic nitrogens is 2. The van der Waals surface area contributed by atoms with E-state index in [1.165, 1.54) is 23.0 Å². The molecule has 204 valence electrons.